The van der Waals surface area contributed by atoms with Crippen molar-refractivity contribution in [3.8, 4) is 56.4 Å². The molecule has 49 heavy (non-hydrogen) atoms. The maximum absolute atomic E-state index is 14.2. The molecule has 250 valence electrons. The molecule has 6 aromatic rings. The molecule has 0 bridgehead atoms. The van der Waals surface area contributed by atoms with Gasteiger partial charge in [-0.2, -0.15) is 0 Å². The van der Waals surface area contributed by atoms with Crippen molar-refractivity contribution in [1.82, 2.24) is 0 Å². The molecular formula is C42H41O6P. The molecule has 6 aromatic carbocycles. The Morgan fingerprint density at radius 1 is 0.551 bits per heavy atom. The summed E-state index contributed by atoms with van der Waals surface area (Å²) in [7, 11) is -1.50. The van der Waals surface area contributed by atoms with Crippen molar-refractivity contribution in [3.05, 3.63) is 108 Å². The Hall–Kier alpha value is -4.77. The Morgan fingerprint density at radius 2 is 0.939 bits per heavy atom. The minimum Gasteiger partial charge on any atom is -0.496 e. The van der Waals surface area contributed by atoms with Gasteiger partial charge < -0.3 is 18.5 Å². The van der Waals surface area contributed by atoms with E-state index in [2.05, 4.69) is 65.8 Å². The van der Waals surface area contributed by atoms with Gasteiger partial charge in [0.1, 0.15) is 23.0 Å². The van der Waals surface area contributed by atoms with Crippen LogP contribution >= 0.6 is 7.82 Å². The van der Waals surface area contributed by atoms with Crippen molar-refractivity contribution in [3.63, 3.8) is 0 Å². The van der Waals surface area contributed by atoms with Crippen molar-refractivity contribution < 1.29 is 28.0 Å². The minimum atomic E-state index is -4.76. The van der Waals surface area contributed by atoms with E-state index in [1.807, 2.05) is 72.8 Å². The molecule has 0 spiro atoms. The van der Waals surface area contributed by atoms with Crippen LogP contribution in [0.2, 0.25) is 0 Å². The lowest BCUT2D eigenvalue weighted by Crippen LogP contribution is -2.11. The van der Waals surface area contributed by atoms with Gasteiger partial charge in [-0.25, -0.2) is 4.57 Å². The predicted octanol–water partition coefficient (Wildman–Crippen LogP) is 11.5. The van der Waals surface area contributed by atoms with Crippen LogP contribution in [0.25, 0.3) is 54.9 Å². The second-order valence-corrected chi connectivity index (χ2v) is 16.0. The highest BCUT2D eigenvalue weighted by atomic mass is 31.2. The van der Waals surface area contributed by atoms with Gasteiger partial charge in [-0.1, -0.05) is 102 Å². The van der Waals surface area contributed by atoms with Gasteiger partial charge in [0.15, 0.2) is 0 Å². The van der Waals surface area contributed by atoms with Gasteiger partial charge in [0, 0.05) is 33.4 Å². The van der Waals surface area contributed by atoms with Crippen molar-refractivity contribution in [2.45, 2.75) is 52.4 Å². The Balaban J connectivity index is 1.68. The van der Waals surface area contributed by atoms with E-state index in [1.165, 1.54) is 0 Å². The average molecular weight is 673 g/mol. The number of rotatable bonds is 4. The van der Waals surface area contributed by atoms with Crippen LogP contribution in [0.3, 0.4) is 0 Å². The smallest absolute Gasteiger partial charge is 0.496 e. The number of benzene rings is 6. The highest BCUT2D eigenvalue weighted by Gasteiger charge is 2.38. The van der Waals surface area contributed by atoms with Crippen molar-refractivity contribution >= 4 is 29.4 Å². The first-order chi connectivity index (χ1) is 23.2. The molecule has 1 aliphatic heterocycles. The molecule has 7 heteroatoms. The summed E-state index contributed by atoms with van der Waals surface area (Å²) in [5.41, 5.74) is 5.94. The van der Waals surface area contributed by atoms with E-state index >= 15 is 0 Å². The van der Waals surface area contributed by atoms with E-state index < -0.39 is 7.82 Å². The molecule has 0 saturated carbocycles. The highest BCUT2D eigenvalue weighted by molar-refractivity contribution is 7.48. The topological polar surface area (TPSA) is 74.2 Å². The summed E-state index contributed by atoms with van der Waals surface area (Å²) in [6.45, 7) is 12.9. The Bertz CT molecular complexity index is 2170. The zero-order valence-electron chi connectivity index (χ0n) is 29.2. The van der Waals surface area contributed by atoms with Crippen molar-refractivity contribution in [2.24, 2.45) is 0 Å². The van der Waals surface area contributed by atoms with Gasteiger partial charge in [0.05, 0.1) is 14.2 Å². The predicted molar refractivity (Wildman–Crippen MR) is 199 cm³/mol. The summed E-state index contributed by atoms with van der Waals surface area (Å²) >= 11 is 0. The number of fused-ring (bicyclic) bond motifs is 7. The molecule has 0 atom stereocenters. The summed E-state index contributed by atoms with van der Waals surface area (Å²) in [4.78, 5) is 11.6. The summed E-state index contributed by atoms with van der Waals surface area (Å²) < 4.78 is 38.5. The molecule has 1 aliphatic rings. The van der Waals surface area contributed by atoms with E-state index in [-0.39, 0.29) is 22.3 Å². The van der Waals surface area contributed by atoms with Gasteiger partial charge in [-0.05, 0) is 79.9 Å². The van der Waals surface area contributed by atoms with Crippen LogP contribution in [0.1, 0.15) is 52.7 Å². The van der Waals surface area contributed by atoms with Crippen LogP contribution in [-0.2, 0) is 15.4 Å². The van der Waals surface area contributed by atoms with Crippen molar-refractivity contribution in [2.75, 3.05) is 14.2 Å². The molecule has 6 nitrogen and oxygen atoms in total. The number of phosphoric acid groups is 1. The number of methoxy groups -OCH3 is 2. The molecule has 0 saturated heterocycles. The van der Waals surface area contributed by atoms with Gasteiger partial charge >= 0.3 is 7.82 Å². The first kappa shape index (κ1) is 32.8. The molecule has 0 aromatic heterocycles. The van der Waals surface area contributed by atoms with Crippen LogP contribution in [0.5, 0.6) is 23.0 Å². The normalized spacial score (nSPS) is 14.0. The largest absolute Gasteiger partial charge is 0.584 e. The quantitative estimate of drug-likeness (QED) is 0.188. The van der Waals surface area contributed by atoms with E-state index in [4.69, 9.17) is 18.5 Å². The van der Waals surface area contributed by atoms with Gasteiger partial charge in [-0.3, -0.25) is 4.89 Å². The molecule has 0 amide bonds. The molecule has 0 unspecified atom stereocenters. The van der Waals surface area contributed by atoms with Gasteiger partial charge in [-0.15, -0.1) is 0 Å². The fourth-order valence-corrected chi connectivity index (χ4v) is 7.64. The number of hydrogen-bond acceptors (Lipinski definition) is 5. The lowest BCUT2D eigenvalue weighted by molar-refractivity contribution is 0.295. The molecular weight excluding hydrogens is 631 g/mol. The molecule has 1 heterocycles. The van der Waals surface area contributed by atoms with E-state index in [0.29, 0.717) is 33.8 Å². The fraction of sp³-hybridized carbons (Fsp3) is 0.238. The zero-order valence-corrected chi connectivity index (χ0v) is 30.1. The number of phosphoric ester groups is 1. The van der Waals surface area contributed by atoms with Gasteiger partial charge in [0.25, 0.3) is 0 Å². The SMILES string of the molecule is COc1ccc(C(C)(C)C)cc1-c1cc2ccccc2c2c1OP(=O)(O)Oc1c(-c3cc(C(C)(C)C)ccc3OC)cc3ccccc3c1-2. The van der Waals surface area contributed by atoms with E-state index in [9.17, 15) is 9.46 Å². The third kappa shape index (κ3) is 5.73. The van der Waals surface area contributed by atoms with Crippen LogP contribution in [-0.4, -0.2) is 19.1 Å². The Kier molecular flexibility index (Phi) is 7.81. The Morgan fingerprint density at radius 3 is 1.31 bits per heavy atom. The summed E-state index contributed by atoms with van der Waals surface area (Å²) in [6, 6.07) is 32.2. The molecule has 0 fully saturated rings. The van der Waals surface area contributed by atoms with Crippen molar-refractivity contribution in [1.29, 1.82) is 0 Å². The maximum atomic E-state index is 14.2. The highest BCUT2D eigenvalue weighted by Crippen LogP contribution is 2.62. The minimum absolute atomic E-state index is 0.163. The molecule has 7 rings (SSSR count). The lowest BCUT2D eigenvalue weighted by Gasteiger charge is -2.23. The monoisotopic (exact) mass is 672 g/mol. The van der Waals surface area contributed by atoms with Crippen LogP contribution < -0.4 is 18.5 Å². The third-order valence-electron chi connectivity index (χ3n) is 9.38. The summed E-state index contributed by atoms with van der Waals surface area (Å²) in [6.07, 6.45) is 0. The van der Waals surface area contributed by atoms with E-state index in [1.54, 1.807) is 14.2 Å². The number of hydrogen-bond donors (Lipinski definition) is 1. The second-order valence-electron chi connectivity index (χ2n) is 14.7. The van der Waals surface area contributed by atoms with Crippen LogP contribution in [0.15, 0.2) is 97.1 Å². The second kappa shape index (κ2) is 11.7. The lowest BCUT2D eigenvalue weighted by atomic mass is 9.82. The van der Waals surface area contributed by atoms with Gasteiger partial charge in [0.2, 0.25) is 0 Å². The summed E-state index contributed by atoms with van der Waals surface area (Å²) in [5.74, 6) is 1.75. The first-order valence-corrected chi connectivity index (χ1v) is 17.9. The van der Waals surface area contributed by atoms with E-state index in [0.717, 1.165) is 43.8 Å². The fourth-order valence-electron chi connectivity index (χ4n) is 6.76. The molecule has 1 N–H and O–H groups in total. The standard InChI is InChI=1S/C42H41O6P/c1-41(2,3)27-17-19-35(45-7)31(23-27)33-21-25-13-9-11-15-29(25)37-38-30-16-12-10-14-26(30)22-34(40(38)48-49(43,44)47-39(33)37)32-24-28(42(4,5)6)18-20-36(32)46-8/h9-24H,1-8H3,(H,43,44). The number of ether oxygens (including phenoxy) is 2. The van der Waals surface area contributed by atoms with Crippen LogP contribution in [0, 0.1) is 0 Å². The summed E-state index contributed by atoms with van der Waals surface area (Å²) in [5, 5.41) is 3.59. The molecule has 0 aliphatic carbocycles. The average Bonchev–Trinajstić information content (AvgIpc) is 3.19. The maximum Gasteiger partial charge on any atom is 0.584 e. The Labute approximate surface area is 287 Å². The zero-order chi connectivity index (χ0) is 34.9. The first-order valence-electron chi connectivity index (χ1n) is 16.4. The van der Waals surface area contributed by atoms with Crippen LogP contribution in [0.4, 0.5) is 0 Å². The third-order valence-corrected chi connectivity index (χ3v) is 10.2. The molecule has 0 radical (unpaired) electrons.